The number of aromatic nitrogens is 1. The number of hydrogen-bond acceptors (Lipinski definition) is 8. The maximum atomic E-state index is 13.5. The van der Waals surface area contributed by atoms with Crippen LogP contribution in [0, 0.1) is 0 Å². The Hall–Kier alpha value is -3.67. The zero-order valence-electron chi connectivity index (χ0n) is 22.0. The highest BCUT2D eigenvalue weighted by Gasteiger charge is 2.38. The maximum Gasteiger partial charge on any atom is 0.243 e. The zero-order chi connectivity index (χ0) is 27.6. The summed E-state index contributed by atoms with van der Waals surface area (Å²) in [6, 6.07) is 12.0. The van der Waals surface area contributed by atoms with E-state index < -0.39 is 36.0 Å². The molecule has 2 aliphatic heterocycles. The summed E-state index contributed by atoms with van der Waals surface area (Å²) in [5.41, 5.74) is 1.48. The van der Waals surface area contributed by atoms with Crippen molar-refractivity contribution in [2.45, 2.75) is 44.0 Å². The van der Waals surface area contributed by atoms with E-state index in [1.807, 2.05) is 35.2 Å². The molecular formula is C28H35N5O6. The smallest absolute Gasteiger partial charge is 0.243 e. The summed E-state index contributed by atoms with van der Waals surface area (Å²) < 4.78 is 10.5. The van der Waals surface area contributed by atoms with E-state index in [9.17, 15) is 19.2 Å². The number of ether oxygens (including phenoxy) is 2. The topological polar surface area (TPSA) is 142 Å². The third kappa shape index (κ3) is 8.95. The molecule has 0 unspecified atom stereocenters. The van der Waals surface area contributed by atoms with Crippen LogP contribution in [0.3, 0.4) is 0 Å². The minimum atomic E-state index is -1.02. The monoisotopic (exact) mass is 537 g/mol. The molecule has 4 rings (SSSR count). The van der Waals surface area contributed by atoms with E-state index in [1.54, 1.807) is 31.3 Å². The highest BCUT2D eigenvalue weighted by Crippen LogP contribution is 2.15. The second-order valence-corrected chi connectivity index (χ2v) is 9.74. The number of carbonyl (C=O) groups is 4. The molecule has 3 N–H and O–H groups in total. The largest absolute Gasteiger partial charge is 0.379 e. The number of benzene rings is 1. The number of Topliss-reactive ketones (excluding diaryl/α,β-unsaturated/α-hetero) is 1. The third-order valence-electron chi connectivity index (χ3n) is 6.61. The first kappa shape index (κ1) is 28.3. The number of pyridine rings is 1. The minimum Gasteiger partial charge on any atom is -0.379 e. The number of amides is 3. The van der Waals surface area contributed by atoms with Gasteiger partial charge >= 0.3 is 0 Å². The molecule has 1 aromatic heterocycles. The predicted octanol–water partition coefficient (Wildman–Crippen LogP) is -0.359. The normalized spacial score (nSPS) is 19.3. The number of carbonyl (C=O) groups excluding carboxylic acids is 4. The fourth-order valence-corrected chi connectivity index (χ4v) is 4.33. The van der Waals surface area contributed by atoms with E-state index in [4.69, 9.17) is 9.47 Å². The molecule has 2 aromatic rings. The molecule has 0 spiro atoms. The Balaban J connectivity index is 1.41. The van der Waals surface area contributed by atoms with Crippen LogP contribution in [0.4, 0.5) is 0 Å². The Bertz CT molecular complexity index is 1120. The molecule has 0 radical (unpaired) electrons. The number of ketones is 1. The van der Waals surface area contributed by atoms with Crippen LogP contribution in [0.2, 0.25) is 0 Å². The summed E-state index contributed by atoms with van der Waals surface area (Å²) in [4.78, 5) is 58.2. The zero-order valence-corrected chi connectivity index (χ0v) is 22.0. The van der Waals surface area contributed by atoms with Gasteiger partial charge in [-0.15, -0.1) is 0 Å². The van der Waals surface area contributed by atoms with Crippen molar-refractivity contribution >= 4 is 23.5 Å². The third-order valence-corrected chi connectivity index (χ3v) is 6.61. The Morgan fingerprint density at radius 1 is 0.923 bits per heavy atom. The average Bonchev–Trinajstić information content (AvgIpc) is 3.79. The van der Waals surface area contributed by atoms with Gasteiger partial charge in [0.2, 0.25) is 17.7 Å². The Kier molecular flexibility index (Phi) is 10.1. The van der Waals surface area contributed by atoms with Crippen LogP contribution in [0.25, 0.3) is 0 Å². The highest BCUT2D eigenvalue weighted by molar-refractivity contribution is 5.96. The maximum absolute atomic E-state index is 13.5. The van der Waals surface area contributed by atoms with E-state index in [0.29, 0.717) is 45.0 Å². The van der Waals surface area contributed by atoms with Crippen LogP contribution in [0.5, 0.6) is 0 Å². The minimum absolute atomic E-state index is 0.110. The fourth-order valence-electron chi connectivity index (χ4n) is 4.33. The first-order valence-corrected chi connectivity index (χ1v) is 13.2. The van der Waals surface area contributed by atoms with E-state index >= 15 is 0 Å². The van der Waals surface area contributed by atoms with Crippen LogP contribution in [0.1, 0.15) is 18.2 Å². The molecule has 3 heterocycles. The van der Waals surface area contributed by atoms with Crippen molar-refractivity contribution in [3.8, 4) is 0 Å². The lowest BCUT2D eigenvalue weighted by Crippen LogP contribution is -2.57. The van der Waals surface area contributed by atoms with Gasteiger partial charge in [0.25, 0.3) is 0 Å². The van der Waals surface area contributed by atoms with Crippen molar-refractivity contribution in [2.24, 2.45) is 0 Å². The van der Waals surface area contributed by atoms with Gasteiger partial charge in [-0.1, -0.05) is 36.4 Å². The SMILES string of the molecule is C[C@H](NC(=O)CN1CCOCC1)C(=O)N[C@@H](Cc1ccccn1)C(=O)N[C@@H](Cc1ccccc1)C(=O)[C@H]1CO1. The van der Waals surface area contributed by atoms with Crippen LogP contribution >= 0.6 is 0 Å². The second-order valence-electron chi connectivity index (χ2n) is 9.74. The quantitative estimate of drug-likeness (QED) is 0.294. The predicted molar refractivity (Wildman–Crippen MR) is 142 cm³/mol. The summed E-state index contributed by atoms with van der Waals surface area (Å²) in [7, 11) is 0. The van der Waals surface area contributed by atoms with Gasteiger partial charge in [-0.05, 0) is 31.0 Å². The molecule has 2 aliphatic rings. The van der Waals surface area contributed by atoms with Crippen molar-refractivity contribution in [3.05, 3.63) is 66.0 Å². The van der Waals surface area contributed by atoms with Crippen LogP contribution in [0.15, 0.2) is 54.7 Å². The lowest BCUT2D eigenvalue weighted by molar-refractivity contribution is -0.133. The van der Waals surface area contributed by atoms with Crippen LogP contribution in [-0.2, 0) is 41.5 Å². The Morgan fingerprint density at radius 2 is 1.62 bits per heavy atom. The van der Waals surface area contributed by atoms with Gasteiger partial charge in [0.15, 0.2) is 5.78 Å². The number of morpholine rings is 1. The summed E-state index contributed by atoms with van der Waals surface area (Å²) >= 11 is 0. The molecule has 0 saturated carbocycles. The first-order chi connectivity index (χ1) is 18.9. The molecule has 11 nitrogen and oxygen atoms in total. The van der Waals surface area contributed by atoms with E-state index in [-0.39, 0.29) is 24.7 Å². The molecule has 0 bridgehead atoms. The summed E-state index contributed by atoms with van der Waals surface area (Å²) in [5, 5.41) is 8.27. The van der Waals surface area contributed by atoms with E-state index in [0.717, 1.165) is 5.56 Å². The molecule has 4 atom stereocenters. The van der Waals surface area contributed by atoms with Crippen molar-refractivity contribution < 1.29 is 28.7 Å². The molecule has 2 fully saturated rings. The van der Waals surface area contributed by atoms with Crippen molar-refractivity contribution in [1.29, 1.82) is 0 Å². The second kappa shape index (κ2) is 13.9. The van der Waals surface area contributed by atoms with Gasteiger partial charge in [-0.25, -0.2) is 0 Å². The van der Waals surface area contributed by atoms with Gasteiger partial charge in [0.05, 0.1) is 32.4 Å². The lowest BCUT2D eigenvalue weighted by Gasteiger charge is -2.27. The van der Waals surface area contributed by atoms with Crippen molar-refractivity contribution in [1.82, 2.24) is 25.8 Å². The summed E-state index contributed by atoms with van der Waals surface area (Å²) in [5.74, 6) is -1.53. The van der Waals surface area contributed by atoms with E-state index in [1.165, 1.54) is 0 Å². The number of nitrogens with one attached hydrogen (secondary N) is 3. The number of hydrogen-bond donors (Lipinski definition) is 3. The Labute approximate surface area is 227 Å². The van der Waals surface area contributed by atoms with Gasteiger partial charge < -0.3 is 25.4 Å². The number of epoxide rings is 1. The molecule has 1 aromatic carbocycles. The molecular weight excluding hydrogens is 502 g/mol. The van der Waals surface area contributed by atoms with Gasteiger partial charge in [-0.3, -0.25) is 29.1 Å². The Morgan fingerprint density at radius 3 is 2.28 bits per heavy atom. The van der Waals surface area contributed by atoms with Gasteiger partial charge in [0, 0.05) is 31.4 Å². The summed E-state index contributed by atoms with van der Waals surface area (Å²) in [6.07, 6.45) is 1.47. The van der Waals surface area contributed by atoms with Crippen molar-refractivity contribution in [2.75, 3.05) is 39.5 Å². The van der Waals surface area contributed by atoms with Crippen LogP contribution in [-0.4, -0.2) is 97.1 Å². The summed E-state index contributed by atoms with van der Waals surface area (Å²) in [6.45, 7) is 4.47. The first-order valence-electron chi connectivity index (χ1n) is 13.2. The van der Waals surface area contributed by atoms with Gasteiger partial charge in [-0.2, -0.15) is 0 Å². The number of nitrogens with zero attached hydrogens (tertiary/aromatic N) is 2. The molecule has 3 amide bonds. The molecule has 208 valence electrons. The van der Waals surface area contributed by atoms with Gasteiger partial charge in [0.1, 0.15) is 18.2 Å². The fraction of sp³-hybridized carbons (Fsp3) is 0.464. The van der Waals surface area contributed by atoms with Crippen LogP contribution < -0.4 is 16.0 Å². The highest BCUT2D eigenvalue weighted by atomic mass is 16.6. The average molecular weight is 538 g/mol. The standard InChI is InChI=1S/C28H35N5O6/c1-19(30-25(34)17-33-11-13-38-14-12-33)27(36)32-23(16-21-9-5-6-10-29-21)28(37)31-22(26(35)24-18-39-24)15-20-7-3-2-4-8-20/h2-10,19,22-24H,11-18H2,1H3,(H,30,34)(H,31,37)(H,32,36)/t19-,22-,23-,24+/m0/s1. The molecule has 39 heavy (non-hydrogen) atoms. The molecule has 0 aliphatic carbocycles. The molecule has 11 heteroatoms. The molecule has 2 saturated heterocycles. The number of rotatable bonds is 13. The lowest BCUT2D eigenvalue weighted by atomic mass is 9.99. The van der Waals surface area contributed by atoms with Crippen molar-refractivity contribution in [3.63, 3.8) is 0 Å². The van der Waals surface area contributed by atoms with E-state index in [2.05, 4.69) is 20.9 Å².